The van der Waals surface area contributed by atoms with Gasteiger partial charge in [0.2, 0.25) is 0 Å². The molecular weight excluding hydrogens is 254 g/mol. The summed E-state index contributed by atoms with van der Waals surface area (Å²) in [6.07, 6.45) is 1.54. The molecule has 1 aromatic carbocycles. The lowest BCUT2D eigenvalue weighted by Gasteiger charge is -2.15. The third-order valence-electron chi connectivity index (χ3n) is 3.00. The molecule has 1 atom stereocenters. The highest BCUT2D eigenvalue weighted by molar-refractivity contribution is 5.97. The smallest absolute Gasteiger partial charge is 0.272 e. The fraction of sp³-hybridized carbons (Fsp3) is 0.200. The molecule has 1 aromatic heterocycles. The molecule has 0 saturated carbocycles. The highest BCUT2D eigenvalue weighted by Crippen LogP contribution is 2.19. The number of carbonyl (C=O) groups excluding carboxylic acids is 1. The van der Waals surface area contributed by atoms with Gasteiger partial charge in [0, 0.05) is 6.20 Å². The number of nitrogens with zero attached hydrogens (tertiary/aromatic N) is 1. The maximum Gasteiger partial charge on any atom is 0.272 e. The van der Waals surface area contributed by atoms with Crippen LogP contribution in [0.25, 0.3) is 0 Å². The lowest BCUT2D eigenvalue weighted by Crippen LogP contribution is -2.28. The molecule has 0 aliphatic rings. The summed E-state index contributed by atoms with van der Waals surface area (Å²) in [5.74, 6) is 0.458. The van der Waals surface area contributed by atoms with Crippen LogP contribution in [-0.4, -0.2) is 18.0 Å². The van der Waals surface area contributed by atoms with Crippen molar-refractivity contribution in [2.45, 2.75) is 13.0 Å². The topological polar surface area (TPSA) is 77.2 Å². The molecular formula is C15H17N3O2. The molecule has 0 spiro atoms. The molecule has 3 N–H and O–H groups in total. The van der Waals surface area contributed by atoms with Crippen LogP contribution in [0.3, 0.4) is 0 Å². The van der Waals surface area contributed by atoms with E-state index in [1.165, 1.54) is 0 Å². The van der Waals surface area contributed by atoms with Crippen molar-refractivity contribution in [1.29, 1.82) is 0 Å². The zero-order valence-corrected chi connectivity index (χ0v) is 11.5. The van der Waals surface area contributed by atoms with Crippen LogP contribution in [0.5, 0.6) is 5.75 Å². The zero-order valence-electron chi connectivity index (χ0n) is 11.5. The van der Waals surface area contributed by atoms with Gasteiger partial charge in [-0.15, -0.1) is 0 Å². The van der Waals surface area contributed by atoms with Crippen molar-refractivity contribution in [3.05, 3.63) is 53.9 Å². The van der Waals surface area contributed by atoms with Crippen molar-refractivity contribution >= 4 is 11.6 Å². The number of benzene rings is 1. The largest absolute Gasteiger partial charge is 0.497 e. The van der Waals surface area contributed by atoms with Gasteiger partial charge < -0.3 is 15.8 Å². The minimum Gasteiger partial charge on any atom is -0.497 e. The normalized spacial score (nSPS) is 11.7. The van der Waals surface area contributed by atoms with Crippen molar-refractivity contribution in [2.75, 3.05) is 12.8 Å². The Morgan fingerprint density at radius 1 is 1.35 bits per heavy atom. The molecule has 0 fully saturated rings. The van der Waals surface area contributed by atoms with E-state index in [0.717, 1.165) is 11.3 Å². The fourth-order valence-corrected chi connectivity index (χ4v) is 1.87. The molecule has 0 aliphatic heterocycles. The Bertz CT molecular complexity index is 614. The molecule has 0 saturated heterocycles. The molecule has 5 heteroatoms. The van der Waals surface area contributed by atoms with Crippen LogP contribution < -0.4 is 15.8 Å². The summed E-state index contributed by atoms with van der Waals surface area (Å²) in [6, 6.07) is 10.7. The number of rotatable bonds is 4. The van der Waals surface area contributed by atoms with Gasteiger partial charge in [-0.3, -0.25) is 4.79 Å². The number of carbonyl (C=O) groups is 1. The molecule has 0 aliphatic carbocycles. The van der Waals surface area contributed by atoms with Gasteiger partial charge in [-0.05, 0) is 36.8 Å². The summed E-state index contributed by atoms with van der Waals surface area (Å²) in [4.78, 5) is 16.1. The van der Waals surface area contributed by atoms with E-state index in [9.17, 15) is 4.79 Å². The maximum atomic E-state index is 12.1. The molecule has 2 aromatic rings. The van der Waals surface area contributed by atoms with Crippen LogP contribution in [0.2, 0.25) is 0 Å². The molecule has 1 heterocycles. The summed E-state index contributed by atoms with van der Waals surface area (Å²) >= 11 is 0. The second kappa shape index (κ2) is 6.06. The first-order valence-corrected chi connectivity index (χ1v) is 6.27. The van der Waals surface area contributed by atoms with Gasteiger partial charge in [-0.1, -0.05) is 12.1 Å². The van der Waals surface area contributed by atoms with Gasteiger partial charge in [-0.25, -0.2) is 4.98 Å². The van der Waals surface area contributed by atoms with E-state index in [1.54, 1.807) is 25.4 Å². The van der Waals surface area contributed by atoms with E-state index in [0.29, 0.717) is 5.69 Å². The maximum absolute atomic E-state index is 12.1. The average Bonchev–Trinajstić information content (AvgIpc) is 2.47. The van der Waals surface area contributed by atoms with Crippen LogP contribution >= 0.6 is 0 Å². The second-order valence-electron chi connectivity index (χ2n) is 4.41. The number of nitrogen functional groups attached to an aromatic ring is 1. The Hall–Kier alpha value is -2.56. The minimum atomic E-state index is -0.293. The van der Waals surface area contributed by atoms with Gasteiger partial charge in [0.05, 0.1) is 18.8 Å². The summed E-state index contributed by atoms with van der Waals surface area (Å²) in [5.41, 5.74) is 7.29. The van der Waals surface area contributed by atoms with E-state index >= 15 is 0 Å². The summed E-state index contributed by atoms with van der Waals surface area (Å²) in [6.45, 7) is 1.89. The number of pyridine rings is 1. The summed E-state index contributed by atoms with van der Waals surface area (Å²) in [5, 5.41) is 2.87. The average molecular weight is 271 g/mol. The van der Waals surface area contributed by atoms with E-state index in [1.807, 2.05) is 31.2 Å². The number of aromatic nitrogens is 1. The summed E-state index contributed by atoms with van der Waals surface area (Å²) < 4.78 is 5.17. The highest BCUT2D eigenvalue weighted by atomic mass is 16.5. The molecule has 0 radical (unpaired) electrons. The first-order chi connectivity index (χ1) is 9.61. The van der Waals surface area contributed by atoms with E-state index < -0.39 is 0 Å². The van der Waals surface area contributed by atoms with E-state index in [4.69, 9.17) is 10.5 Å². The highest BCUT2D eigenvalue weighted by Gasteiger charge is 2.15. The van der Waals surface area contributed by atoms with Crippen LogP contribution in [0.15, 0.2) is 42.6 Å². The van der Waals surface area contributed by atoms with Crippen molar-refractivity contribution in [3.63, 3.8) is 0 Å². The third-order valence-corrected chi connectivity index (χ3v) is 3.00. The van der Waals surface area contributed by atoms with Crippen molar-refractivity contribution in [3.8, 4) is 5.75 Å². The van der Waals surface area contributed by atoms with E-state index in [-0.39, 0.29) is 17.6 Å². The van der Waals surface area contributed by atoms with Crippen LogP contribution in [0.4, 0.5) is 5.69 Å². The predicted octanol–water partition coefficient (Wildman–Crippen LogP) is 2.16. The van der Waals surface area contributed by atoms with Crippen molar-refractivity contribution in [2.24, 2.45) is 0 Å². The van der Waals surface area contributed by atoms with Crippen LogP contribution in [-0.2, 0) is 0 Å². The quantitative estimate of drug-likeness (QED) is 0.893. The molecule has 5 nitrogen and oxygen atoms in total. The van der Waals surface area contributed by atoms with Crippen LogP contribution in [0.1, 0.15) is 29.0 Å². The van der Waals surface area contributed by atoms with Gasteiger partial charge in [0.15, 0.2) is 5.69 Å². The predicted molar refractivity (Wildman–Crippen MR) is 77.5 cm³/mol. The lowest BCUT2D eigenvalue weighted by atomic mass is 10.1. The van der Waals surface area contributed by atoms with E-state index in [2.05, 4.69) is 10.3 Å². The Labute approximate surface area is 117 Å². The van der Waals surface area contributed by atoms with Gasteiger partial charge in [0.1, 0.15) is 5.75 Å². The number of methoxy groups -OCH3 is 1. The Morgan fingerprint density at radius 3 is 2.85 bits per heavy atom. The Balaban J connectivity index is 2.13. The van der Waals surface area contributed by atoms with Gasteiger partial charge >= 0.3 is 0 Å². The number of hydrogen-bond donors (Lipinski definition) is 2. The Morgan fingerprint density at radius 2 is 2.15 bits per heavy atom. The monoisotopic (exact) mass is 271 g/mol. The summed E-state index contributed by atoms with van der Waals surface area (Å²) in [7, 11) is 1.61. The van der Waals surface area contributed by atoms with Crippen LogP contribution in [0, 0.1) is 0 Å². The number of anilines is 1. The van der Waals surface area contributed by atoms with Gasteiger partial charge in [-0.2, -0.15) is 0 Å². The number of nitrogens with two attached hydrogens (primary N) is 1. The number of amides is 1. The number of nitrogens with one attached hydrogen (secondary N) is 1. The lowest BCUT2D eigenvalue weighted by molar-refractivity contribution is 0.0936. The SMILES string of the molecule is COc1cccc(C(C)NC(=O)c2ncccc2N)c1. The number of ether oxygens (including phenoxy) is 1. The molecule has 1 unspecified atom stereocenters. The molecule has 0 bridgehead atoms. The first kappa shape index (κ1) is 13.9. The zero-order chi connectivity index (χ0) is 14.5. The second-order valence-corrected chi connectivity index (χ2v) is 4.41. The Kier molecular flexibility index (Phi) is 4.20. The molecule has 20 heavy (non-hydrogen) atoms. The number of hydrogen-bond acceptors (Lipinski definition) is 4. The molecule has 2 rings (SSSR count). The molecule has 1 amide bonds. The first-order valence-electron chi connectivity index (χ1n) is 6.27. The minimum absolute atomic E-state index is 0.168. The van der Waals surface area contributed by atoms with Crippen molar-refractivity contribution < 1.29 is 9.53 Å². The molecule has 104 valence electrons. The van der Waals surface area contributed by atoms with Crippen molar-refractivity contribution in [1.82, 2.24) is 10.3 Å². The standard InChI is InChI=1S/C15H17N3O2/c1-10(11-5-3-6-12(9-11)20-2)18-15(19)14-13(16)7-4-8-17-14/h3-10H,16H2,1-2H3,(H,18,19). The third kappa shape index (κ3) is 3.06. The van der Waals surface area contributed by atoms with Gasteiger partial charge in [0.25, 0.3) is 5.91 Å². The fourth-order valence-electron chi connectivity index (χ4n) is 1.87.